The van der Waals surface area contributed by atoms with Gasteiger partial charge in [0, 0.05) is 8.80 Å². The SMILES string of the molecule is C=CCCCC[Si](CCCCC)CCCCC. The summed E-state index contributed by atoms with van der Waals surface area (Å²) in [5.41, 5.74) is 0. The van der Waals surface area contributed by atoms with Crippen LogP contribution in [0.5, 0.6) is 0 Å². The molecule has 0 aromatic carbocycles. The molecule has 0 spiro atoms. The minimum absolute atomic E-state index is 0.00435. The fourth-order valence-electron chi connectivity index (χ4n) is 2.29. The molecule has 0 fully saturated rings. The summed E-state index contributed by atoms with van der Waals surface area (Å²) >= 11 is 0. The first-order chi connectivity index (χ1) is 8.35. The lowest BCUT2D eigenvalue weighted by Crippen LogP contribution is -2.11. The summed E-state index contributed by atoms with van der Waals surface area (Å²) in [6.45, 7) is 8.43. The van der Waals surface area contributed by atoms with Gasteiger partial charge in [0.2, 0.25) is 0 Å². The molecule has 101 valence electrons. The van der Waals surface area contributed by atoms with Gasteiger partial charge in [0.1, 0.15) is 0 Å². The molecule has 0 saturated heterocycles. The van der Waals surface area contributed by atoms with Crippen LogP contribution in [0.2, 0.25) is 18.1 Å². The minimum atomic E-state index is -0.00435. The molecule has 0 rings (SSSR count). The van der Waals surface area contributed by atoms with E-state index in [2.05, 4.69) is 26.5 Å². The summed E-state index contributed by atoms with van der Waals surface area (Å²) in [6, 6.07) is 4.72. The van der Waals surface area contributed by atoms with E-state index in [1.54, 1.807) is 18.1 Å². The molecule has 0 atom stereocenters. The van der Waals surface area contributed by atoms with Crippen molar-refractivity contribution in [3.63, 3.8) is 0 Å². The third-order valence-corrected chi connectivity index (χ3v) is 6.64. The van der Waals surface area contributed by atoms with E-state index in [-0.39, 0.29) is 8.80 Å². The topological polar surface area (TPSA) is 0 Å². The molecule has 1 radical (unpaired) electrons. The predicted molar refractivity (Wildman–Crippen MR) is 83.3 cm³/mol. The zero-order valence-corrected chi connectivity index (χ0v) is 13.3. The first-order valence-electron chi connectivity index (χ1n) is 7.79. The molecule has 17 heavy (non-hydrogen) atoms. The fourth-order valence-corrected chi connectivity index (χ4v) is 5.29. The van der Waals surface area contributed by atoms with Crippen molar-refractivity contribution in [1.29, 1.82) is 0 Å². The van der Waals surface area contributed by atoms with Crippen molar-refractivity contribution in [1.82, 2.24) is 0 Å². The summed E-state index contributed by atoms with van der Waals surface area (Å²) < 4.78 is 0. The Labute approximate surface area is 112 Å². The van der Waals surface area contributed by atoms with Gasteiger partial charge in [-0.05, 0) is 6.42 Å². The van der Waals surface area contributed by atoms with Crippen LogP contribution in [0.1, 0.15) is 71.6 Å². The molecular weight excluding hydrogens is 220 g/mol. The van der Waals surface area contributed by atoms with E-state index < -0.39 is 0 Å². The van der Waals surface area contributed by atoms with Crippen molar-refractivity contribution >= 4 is 8.80 Å². The second-order valence-corrected chi connectivity index (χ2v) is 8.20. The number of hydrogen-bond acceptors (Lipinski definition) is 0. The fraction of sp³-hybridized carbons (Fsp3) is 0.875. The standard InChI is InChI=1S/C16H33Si/c1-4-7-10-13-16-17(14-11-8-5-2)15-12-9-6-3/h4H,1,5-16H2,2-3H3. The molecule has 0 aromatic rings. The molecule has 0 aliphatic rings. The quantitative estimate of drug-likeness (QED) is 0.208. The van der Waals surface area contributed by atoms with E-state index in [1.807, 2.05) is 0 Å². The molecule has 0 N–H and O–H groups in total. The maximum atomic E-state index is 3.81. The molecule has 0 aliphatic heterocycles. The van der Waals surface area contributed by atoms with Crippen molar-refractivity contribution in [3.05, 3.63) is 12.7 Å². The van der Waals surface area contributed by atoms with Crippen LogP contribution in [0, 0.1) is 0 Å². The average Bonchev–Trinajstić information content (AvgIpc) is 2.34. The number of allylic oxidation sites excluding steroid dienone is 1. The van der Waals surface area contributed by atoms with Gasteiger partial charge in [-0.15, -0.1) is 6.58 Å². The summed E-state index contributed by atoms with van der Waals surface area (Å²) in [5, 5.41) is 0. The van der Waals surface area contributed by atoms with Gasteiger partial charge < -0.3 is 0 Å². The highest BCUT2D eigenvalue weighted by Gasteiger charge is 2.09. The monoisotopic (exact) mass is 253 g/mol. The van der Waals surface area contributed by atoms with Crippen LogP contribution < -0.4 is 0 Å². The van der Waals surface area contributed by atoms with Crippen LogP contribution in [0.4, 0.5) is 0 Å². The van der Waals surface area contributed by atoms with E-state index in [0.29, 0.717) is 0 Å². The molecular formula is C16H33Si. The largest absolute Gasteiger partial charge is 0.103 e. The third kappa shape index (κ3) is 12.2. The molecule has 0 aromatic heterocycles. The Morgan fingerprint density at radius 1 is 0.765 bits per heavy atom. The third-order valence-electron chi connectivity index (χ3n) is 3.46. The van der Waals surface area contributed by atoms with E-state index in [4.69, 9.17) is 0 Å². The highest BCUT2D eigenvalue weighted by atomic mass is 28.3. The maximum absolute atomic E-state index is 3.81. The Bertz CT molecular complexity index is 144. The second kappa shape index (κ2) is 14.0. The molecule has 0 unspecified atom stereocenters. The smallest absolute Gasteiger partial charge is 0.0479 e. The lowest BCUT2D eigenvalue weighted by molar-refractivity contribution is 0.734. The van der Waals surface area contributed by atoms with E-state index in [0.717, 1.165) is 0 Å². The van der Waals surface area contributed by atoms with Gasteiger partial charge in [0.15, 0.2) is 0 Å². The van der Waals surface area contributed by atoms with Crippen LogP contribution in [0.25, 0.3) is 0 Å². The van der Waals surface area contributed by atoms with E-state index >= 15 is 0 Å². The molecule has 0 nitrogen and oxygen atoms in total. The summed E-state index contributed by atoms with van der Waals surface area (Å²) in [6.07, 6.45) is 14.8. The van der Waals surface area contributed by atoms with Crippen LogP contribution in [-0.2, 0) is 0 Å². The minimum Gasteiger partial charge on any atom is -0.103 e. The van der Waals surface area contributed by atoms with E-state index in [9.17, 15) is 0 Å². The summed E-state index contributed by atoms with van der Waals surface area (Å²) in [7, 11) is -0.00435. The lowest BCUT2D eigenvalue weighted by Gasteiger charge is -2.14. The molecule has 0 heterocycles. The second-order valence-electron chi connectivity index (χ2n) is 5.20. The van der Waals surface area contributed by atoms with Gasteiger partial charge in [-0.25, -0.2) is 0 Å². The molecule has 0 bridgehead atoms. The highest BCUT2D eigenvalue weighted by Crippen LogP contribution is 2.18. The van der Waals surface area contributed by atoms with Crippen LogP contribution in [0.3, 0.4) is 0 Å². The number of unbranched alkanes of at least 4 members (excludes halogenated alkanes) is 6. The van der Waals surface area contributed by atoms with Gasteiger partial charge in [-0.2, -0.15) is 0 Å². The van der Waals surface area contributed by atoms with Gasteiger partial charge in [-0.1, -0.05) is 89.4 Å². The normalized spacial score (nSPS) is 11.0. The molecule has 1 heteroatoms. The predicted octanol–water partition coefficient (Wildman–Crippen LogP) is 6.22. The van der Waals surface area contributed by atoms with Crippen LogP contribution in [-0.4, -0.2) is 8.80 Å². The van der Waals surface area contributed by atoms with E-state index in [1.165, 1.54) is 57.8 Å². The Morgan fingerprint density at radius 3 is 1.65 bits per heavy atom. The Balaban J connectivity index is 3.63. The van der Waals surface area contributed by atoms with Crippen LogP contribution >= 0.6 is 0 Å². The maximum Gasteiger partial charge on any atom is 0.0479 e. The summed E-state index contributed by atoms with van der Waals surface area (Å²) in [4.78, 5) is 0. The van der Waals surface area contributed by atoms with Gasteiger partial charge >= 0.3 is 0 Å². The molecule has 0 amide bonds. The first-order valence-corrected chi connectivity index (χ1v) is 9.91. The first kappa shape index (κ1) is 17.0. The van der Waals surface area contributed by atoms with Crippen molar-refractivity contribution in [2.45, 2.75) is 89.8 Å². The number of rotatable bonds is 13. The van der Waals surface area contributed by atoms with Gasteiger partial charge in [-0.3, -0.25) is 0 Å². The zero-order chi connectivity index (χ0) is 12.8. The Kier molecular flexibility index (Phi) is 14.0. The van der Waals surface area contributed by atoms with Crippen molar-refractivity contribution in [2.24, 2.45) is 0 Å². The Hall–Kier alpha value is -0.0431. The summed E-state index contributed by atoms with van der Waals surface area (Å²) in [5.74, 6) is 0. The molecule has 0 aliphatic carbocycles. The Morgan fingerprint density at radius 2 is 1.24 bits per heavy atom. The highest BCUT2D eigenvalue weighted by molar-refractivity contribution is 6.58. The van der Waals surface area contributed by atoms with Crippen molar-refractivity contribution < 1.29 is 0 Å². The van der Waals surface area contributed by atoms with Crippen LogP contribution in [0.15, 0.2) is 12.7 Å². The number of hydrogen-bond donors (Lipinski definition) is 0. The van der Waals surface area contributed by atoms with Gasteiger partial charge in [0.25, 0.3) is 0 Å². The zero-order valence-electron chi connectivity index (χ0n) is 12.3. The van der Waals surface area contributed by atoms with Crippen molar-refractivity contribution in [3.8, 4) is 0 Å². The van der Waals surface area contributed by atoms with Crippen molar-refractivity contribution in [2.75, 3.05) is 0 Å². The molecule has 0 saturated carbocycles. The van der Waals surface area contributed by atoms with Gasteiger partial charge in [0.05, 0.1) is 0 Å². The average molecular weight is 254 g/mol. The lowest BCUT2D eigenvalue weighted by atomic mass is 10.2.